The van der Waals surface area contributed by atoms with Gasteiger partial charge in [-0.1, -0.05) is 13.3 Å². The number of nitrogens with one attached hydrogen (secondary N) is 1. The smallest absolute Gasteiger partial charge is 0.000792 e. The van der Waals surface area contributed by atoms with Crippen molar-refractivity contribution in [3.8, 4) is 0 Å². The third kappa shape index (κ3) is 1.52. The first kappa shape index (κ1) is 8.55. The fourth-order valence-corrected chi connectivity index (χ4v) is 3.08. The number of hydrogen-bond donors (Lipinski definition) is 1. The molecule has 3 aliphatic rings. The molecular weight excluding hydrogens is 146 g/mol. The molecule has 1 N–H and O–H groups in total. The molecular formula is C11H21N. The zero-order valence-corrected chi connectivity index (χ0v) is 8.23. The molecule has 2 aliphatic heterocycles. The predicted octanol–water partition coefficient (Wildman–Crippen LogP) is 2.57. The van der Waals surface area contributed by atoms with Crippen LogP contribution in [0.1, 0.15) is 45.4 Å². The highest BCUT2D eigenvalue weighted by Gasteiger charge is 2.36. The Hall–Kier alpha value is -0.0400. The van der Waals surface area contributed by atoms with Crippen LogP contribution in [0.2, 0.25) is 0 Å². The van der Waals surface area contributed by atoms with E-state index in [-0.39, 0.29) is 0 Å². The summed E-state index contributed by atoms with van der Waals surface area (Å²) >= 11 is 0. The average Bonchev–Trinajstić information content (AvgIpc) is 2.38. The molecule has 1 heteroatoms. The zero-order chi connectivity index (χ0) is 8.44. The summed E-state index contributed by atoms with van der Waals surface area (Å²) in [6.07, 6.45) is 8.80. The minimum absolute atomic E-state index is 0.710. The lowest BCUT2D eigenvalue weighted by atomic mass is 9.70. The number of fused-ring (bicyclic) bond motifs is 4. The van der Waals surface area contributed by atoms with Crippen LogP contribution in [0, 0.1) is 11.3 Å². The van der Waals surface area contributed by atoms with Crippen LogP contribution in [-0.4, -0.2) is 13.1 Å². The topological polar surface area (TPSA) is 12.0 Å². The molecule has 3 fully saturated rings. The molecule has 1 nitrogen and oxygen atoms in total. The SMILES string of the molecule is CCCC12CCC(CC1)CNC2. The summed E-state index contributed by atoms with van der Waals surface area (Å²) in [4.78, 5) is 0. The molecule has 2 bridgehead atoms. The van der Waals surface area contributed by atoms with Crippen LogP contribution in [0.5, 0.6) is 0 Å². The van der Waals surface area contributed by atoms with Gasteiger partial charge in [0.15, 0.2) is 0 Å². The minimum atomic E-state index is 0.710. The van der Waals surface area contributed by atoms with Gasteiger partial charge in [-0.3, -0.25) is 0 Å². The van der Waals surface area contributed by atoms with Gasteiger partial charge in [-0.15, -0.1) is 0 Å². The zero-order valence-electron chi connectivity index (χ0n) is 8.23. The Balaban J connectivity index is 2.03. The summed E-state index contributed by atoms with van der Waals surface area (Å²) in [5.41, 5.74) is 0.710. The molecule has 2 saturated heterocycles. The Morgan fingerprint density at radius 2 is 2.08 bits per heavy atom. The first-order valence-corrected chi connectivity index (χ1v) is 5.55. The highest BCUT2D eigenvalue weighted by molar-refractivity contribution is 4.91. The van der Waals surface area contributed by atoms with Gasteiger partial charge in [0.05, 0.1) is 0 Å². The van der Waals surface area contributed by atoms with Crippen LogP contribution in [0.25, 0.3) is 0 Å². The van der Waals surface area contributed by atoms with E-state index in [2.05, 4.69) is 12.2 Å². The van der Waals surface area contributed by atoms with Gasteiger partial charge in [-0.05, 0) is 50.0 Å². The lowest BCUT2D eigenvalue weighted by Gasteiger charge is -2.36. The van der Waals surface area contributed by atoms with Crippen molar-refractivity contribution >= 4 is 0 Å². The number of rotatable bonds is 2. The van der Waals surface area contributed by atoms with Crippen molar-refractivity contribution in [1.82, 2.24) is 5.32 Å². The summed E-state index contributed by atoms with van der Waals surface area (Å²) in [6.45, 7) is 4.93. The monoisotopic (exact) mass is 167 g/mol. The molecule has 2 heterocycles. The molecule has 0 aromatic carbocycles. The first-order chi connectivity index (χ1) is 5.85. The second-order valence-electron chi connectivity index (χ2n) is 4.82. The van der Waals surface area contributed by atoms with Crippen molar-refractivity contribution in [2.75, 3.05) is 13.1 Å². The van der Waals surface area contributed by atoms with E-state index < -0.39 is 0 Å². The van der Waals surface area contributed by atoms with Gasteiger partial charge in [-0.25, -0.2) is 0 Å². The standard InChI is InChI=1S/C11H21N/c1-2-5-11-6-3-10(4-7-11)8-12-9-11/h10,12H,2-9H2,1H3. The van der Waals surface area contributed by atoms with E-state index in [0.717, 1.165) is 5.92 Å². The Morgan fingerprint density at radius 1 is 1.33 bits per heavy atom. The number of hydrogen-bond acceptors (Lipinski definition) is 1. The van der Waals surface area contributed by atoms with E-state index in [0.29, 0.717) is 5.41 Å². The summed E-state index contributed by atoms with van der Waals surface area (Å²) in [5.74, 6) is 1.01. The minimum Gasteiger partial charge on any atom is -0.316 e. The van der Waals surface area contributed by atoms with Crippen LogP contribution >= 0.6 is 0 Å². The Bertz CT molecular complexity index is 140. The maximum Gasteiger partial charge on any atom is 0.000792 e. The normalized spacial score (nSPS) is 41.2. The van der Waals surface area contributed by atoms with E-state index >= 15 is 0 Å². The van der Waals surface area contributed by atoms with Gasteiger partial charge in [0.25, 0.3) is 0 Å². The maximum atomic E-state index is 3.63. The third-order valence-corrected chi connectivity index (χ3v) is 3.88. The average molecular weight is 167 g/mol. The van der Waals surface area contributed by atoms with Gasteiger partial charge < -0.3 is 5.32 Å². The fraction of sp³-hybridized carbons (Fsp3) is 1.00. The molecule has 0 spiro atoms. The molecule has 0 radical (unpaired) electrons. The van der Waals surface area contributed by atoms with Gasteiger partial charge in [0.1, 0.15) is 0 Å². The van der Waals surface area contributed by atoms with Gasteiger partial charge >= 0.3 is 0 Å². The van der Waals surface area contributed by atoms with Crippen molar-refractivity contribution in [1.29, 1.82) is 0 Å². The predicted molar refractivity (Wildman–Crippen MR) is 52.2 cm³/mol. The Labute approximate surface area is 75.9 Å². The van der Waals surface area contributed by atoms with Gasteiger partial charge in [0, 0.05) is 6.54 Å². The molecule has 0 amide bonds. The van der Waals surface area contributed by atoms with Crippen molar-refractivity contribution < 1.29 is 0 Å². The van der Waals surface area contributed by atoms with Gasteiger partial charge in [-0.2, -0.15) is 0 Å². The Kier molecular flexibility index (Phi) is 2.40. The summed E-state index contributed by atoms with van der Waals surface area (Å²) in [6, 6.07) is 0. The molecule has 1 saturated carbocycles. The van der Waals surface area contributed by atoms with E-state index in [1.54, 1.807) is 0 Å². The van der Waals surface area contributed by atoms with E-state index in [9.17, 15) is 0 Å². The van der Waals surface area contributed by atoms with Crippen LogP contribution in [0.15, 0.2) is 0 Å². The molecule has 3 rings (SSSR count). The Morgan fingerprint density at radius 3 is 2.75 bits per heavy atom. The van der Waals surface area contributed by atoms with Crippen LogP contribution < -0.4 is 5.32 Å². The second kappa shape index (κ2) is 3.37. The second-order valence-corrected chi connectivity index (χ2v) is 4.82. The van der Waals surface area contributed by atoms with Crippen LogP contribution in [-0.2, 0) is 0 Å². The summed E-state index contributed by atoms with van der Waals surface area (Å²) < 4.78 is 0. The molecule has 12 heavy (non-hydrogen) atoms. The molecule has 0 unspecified atom stereocenters. The summed E-state index contributed by atoms with van der Waals surface area (Å²) in [5, 5.41) is 3.63. The largest absolute Gasteiger partial charge is 0.316 e. The van der Waals surface area contributed by atoms with Crippen molar-refractivity contribution in [3.63, 3.8) is 0 Å². The lowest BCUT2D eigenvalue weighted by Crippen LogP contribution is -2.31. The van der Waals surface area contributed by atoms with E-state index in [1.165, 1.54) is 51.6 Å². The lowest BCUT2D eigenvalue weighted by molar-refractivity contribution is 0.171. The summed E-state index contributed by atoms with van der Waals surface area (Å²) in [7, 11) is 0. The molecule has 0 aromatic rings. The fourth-order valence-electron chi connectivity index (χ4n) is 3.08. The highest BCUT2D eigenvalue weighted by Crippen LogP contribution is 2.43. The van der Waals surface area contributed by atoms with Gasteiger partial charge in [0.2, 0.25) is 0 Å². The molecule has 0 atom stereocenters. The van der Waals surface area contributed by atoms with Crippen molar-refractivity contribution in [2.45, 2.75) is 45.4 Å². The molecule has 1 aliphatic carbocycles. The highest BCUT2D eigenvalue weighted by atomic mass is 14.9. The van der Waals surface area contributed by atoms with Crippen LogP contribution in [0.4, 0.5) is 0 Å². The van der Waals surface area contributed by atoms with E-state index in [4.69, 9.17) is 0 Å². The van der Waals surface area contributed by atoms with Crippen molar-refractivity contribution in [2.24, 2.45) is 11.3 Å². The van der Waals surface area contributed by atoms with Crippen molar-refractivity contribution in [3.05, 3.63) is 0 Å². The van der Waals surface area contributed by atoms with E-state index in [1.807, 2.05) is 0 Å². The first-order valence-electron chi connectivity index (χ1n) is 5.55. The molecule has 70 valence electrons. The quantitative estimate of drug-likeness (QED) is 0.666. The molecule has 0 aromatic heterocycles. The third-order valence-electron chi connectivity index (χ3n) is 3.88. The van der Waals surface area contributed by atoms with Crippen LogP contribution in [0.3, 0.4) is 0 Å². The maximum absolute atomic E-state index is 3.63.